The molecule has 102 valence electrons. The van der Waals surface area contributed by atoms with Gasteiger partial charge in [-0.3, -0.25) is 0 Å². The largest absolute Gasteiger partial charge is 0.481 e. The molecule has 0 saturated carbocycles. The van der Waals surface area contributed by atoms with Gasteiger partial charge in [-0.1, -0.05) is 41.7 Å². The second-order valence-corrected chi connectivity index (χ2v) is 4.67. The standard InChI is InChI=1S/C18H18O2/c1-14-10-11-18(17(13-14)15(2)19)20-12-6-9-16-7-4-3-5-8-16/h3-5,7-8,10-11,13,15,19H,12H2,1-2H3/t15-/m0/s1. The molecule has 0 saturated heterocycles. The minimum atomic E-state index is -0.549. The topological polar surface area (TPSA) is 29.5 Å². The molecule has 0 spiro atoms. The van der Waals surface area contributed by atoms with Gasteiger partial charge in [0, 0.05) is 11.1 Å². The van der Waals surface area contributed by atoms with E-state index >= 15 is 0 Å². The zero-order chi connectivity index (χ0) is 14.4. The third-order valence-corrected chi connectivity index (χ3v) is 2.92. The van der Waals surface area contributed by atoms with Crippen LogP contribution in [0.25, 0.3) is 0 Å². The van der Waals surface area contributed by atoms with Crippen molar-refractivity contribution in [3.63, 3.8) is 0 Å². The molecule has 2 heteroatoms. The Balaban J connectivity index is 2.03. The maximum Gasteiger partial charge on any atom is 0.149 e. The van der Waals surface area contributed by atoms with Crippen molar-refractivity contribution < 1.29 is 9.84 Å². The van der Waals surface area contributed by atoms with Gasteiger partial charge in [0.05, 0.1) is 6.10 Å². The zero-order valence-electron chi connectivity index (χ0n) is 11.8. The van der Waals surface area contributed by atoms with Gasteiger partial charge < -0.3 is 9.84 Å². The second-order valence-electron chi connectivity index (χ2n) is 4.67. The maximum absolute atomic E-state index is 9.75. The van der Waals surface area contributed by atoms with Crippen LogP contribution in [0.5, 0.6) is 5.75 Å². The molecule has 0 bridgehead atoms. The van der Waals surface area contributed by atoms with E-state index in [0.717, 1.165) is 16.7 Å². The molecule has 0 radical (unpaired) electrons. The van der Waals surface area contributed by atoms with Crippen LogP contribution in [0.1, 0.15) is 29.7 Å². The molecule has 0 heterocycles. The zero-order valence-corrected chi connectivity index (χ0v) is 11.8. The predicted octanol–water partition coefficient (Wildman–Crippen LogP) is 3.48. The summed E-state index contributed by atoms with van der Waals surface area (Å²) in [5, 5.41) is 9.75. The van der Waals surface area contributed by atoms with Gasteiger partial charge in [0.2, 0.25) is 0 Å². The van der Waals surface area contributed by atoms with Crippen LogP contribution >= 0.6 is 0 Å². The number of rotatable bonds is 3. The van der Waals surface area contributed by atoms with E-state index in [-0.39, 0.29) is 0 Å². The number of hydrogen-bond acceptors (Lipinski definition) is 2. The molecule has 1 N–H and O–H groups in total. The Hall–Kier alpha value is -2.24. The lowest BCUT2D eigenvalue weighted by atomic mass is 10.1. The molecule has 20 heavy (non-hydrogen) atoms. The van der Waals surface area contributed by atoms with E-state index < -0.39 is 6.10 Å². The molecule has 0 aliphatic rings. The van der Waals surface area contributed by atoms with Crippen LogP contribution in [0.15, 0.2) is 48.5 Å². The average Bonchev–Trinajstić information content (AvgIpc) is 2.45. The summed E-state index contributed by atoms with van der Waals surface area (Å²) in [5.41, 5.74) is 2.87. The fourth-order valence-electron chi connectivity index (χ4n) is 1.90. The minimum absolute atomic E-state index is 0.303. The van der Waals surface area contributed by atoms with E-state index in [1.165, 1.54) is 0 Å². The number of hydrogen-bond donors (Lipinski definition) is 1. The van der Waals surface area contributed by atoms with Gasteiger partial charge in [-0.2, -0.15) is 0 Å². The first-order valence-electron chi connectivity index (χ1n) is 6.62. The highest BCUT2D eigenvalue weighted by molar-refractivity contribution is 5.39. The van der Waals surface area contributed by atoms with E-state index in [2.05, 4.69) is 11.8 Å². The molecule has 2 aromatic rings. The van der Waals surface area contributed by atoms with E-state index in [1.54, 1.807) is 6.92 Å². The molecule has 0 aromatic heterocycles. The lowest BCUT2D eigenvalue weighted by molar-refractivity contribution is 0.193. The van der Waals surface area contributed by atoms with E-state index in [0.29, 0.717) is 12.4 Å². The first-order chi connectivity index (χ1) is 9.66. The van der Waals surface area contributed by atoms with Gasteiger partial charge in [0.1, 0.15) is 12.4 Å². The summed E-state index contributed by atoms with van der Waals surface area (Å²) in [6.45, 7) is 4.03. The van der Waals surface area contributed by atoms with Crippen LogP contribution in [0.4, 0.5) is 0 Å². The van der Waals surface area contributed by atoms with Crippen LogP contribution in [0.3, 0.4) is 0 Å². The van der Waals surface area contributed by atoms with Crippen LogP contribution in [0.2, 0.25) is 0 Å². The normalized spacial score (nSPS) is 11.3. The number of aliphatic hydroxyl groups excluding tert-OH is 1. The van der Waals surface area contributed by atoms with Crippen LogP contribution in [0, 0.1) is 18.8 Å². The molecule has 2 rings (SSSR count). The lowest BCUT2D eigenvalue weighted by Crippen LogP contribution is -2.01. The second kappa shape index (κ2) is 6.79. The highest BCUT2D eigenvalue weighted by atomic mass is 16.5. The molecular formula is C18H18O2. The quantitative estimate of drug-likeness (QED) is 0.862. The van der Waals surface area contributed by atoms with Crippen molar-refractivity contribution in [2.24, 2.45) is 0 Å². The number of ether oxygens (including phenoxy) is 1. The molecular weight excluding hydrogens is 248 g/mol. The summed E-state index contributed by atoms with van der Waals surface area (Å²) in [6, 6.07) is 15.6. The Labute approximate surface area is 120 Å². The fraction of sp³-hybridized carbons (Fsp3) is 0.222. The van der Waals surface area contributed by atoms with Crippen LogP contribution < -0.4 is 4.74 Å². The molecule has 2 nitrogen and oxygen atoms in total. The molecule has 0 amide bonds. The lowest BCUT2D eigenvalue weighted by Gasteiger charge is -2.12. The minimum Gasteiger partial charge on any atom is -0.481 e. The van der Waals surface area contributed by atoms with E-state index in [9.17, 15) is 5.11 Å². The molecule has 0 aliphatic carbocycles. The van der Waals surface area contributed by atoms with Crippen LogP contribution in [-0.4, -0.2) is 11.7 Å². The summed E-state index contributed by atoms with van der Waals surface area (Å²) in [6.07, 6.45) is -0.549. The summed E-state index contributed by atoms with van der Waals surface area (Å²) < 4.78 is 5.64. The van der Waals surface area contributed by atoms with Crippen molar-refractivity contribution in [2.75, 3.05) is 6.61 Å². The van der Waals surface area contributed by atoms with Crippen molar-refractivity contribution in [1.29, 1.82) is 0 Å². The number of aryl methyl sites for hydroxylation is 1. The van der Waals surface area contributed by atoms with Gasteiger partial charge in [-0.05, 0) is 38.1 Å². The maximum atomic E-state index is 9.75. The molecule has 2 aromatic carbocycles. The van der Waals surface area contributed by atoms with Crippen molar-refractivity contribution >= 4 is 0 Å². The van der Waals surface area contributed by atoms with Crippen molar-refractivity contribution in [3.05, 3.63) is 65.2 Å². The first-order valence-corrected chi connectivity index (χ1v) is 6.62. The predicted molar refractivity (Wildman–Crippen MR) is 80.6 cm³/mol. The molecule has 0 aliphatic heterocycles. The Bertz CT molecular complexity index is 619. The van der Waals surface area contributed by atoms with E-state index in [4.69, 9.17) is 4.74 Å². The summed E-state index contributed by atoms with van der Waals surface area (Å²) in [4.78, 5) is 0. The van der Waals surface area contributed by atoms with Gasteiger partial charge >= 0.3 is 0 Å². The number of aliphatic hydroxyl groups is 1. The van der Waals surface area contributed by atoms with Crippen LogP contribution in [-0.2, 0) is 0 Å². The first kappa shape index (κ1) is 14.2. The smallest absolute Gasteiger partial charge is 0.149 e. The number of benzene rings is 2. The summed E-state index contributed by atoms with van der Waals surface area (Å²) in [7, 11) is 0. The van der Waals surface area contributed by atoms with Crippen molar-refractivity contribution in [3.8, 4) is 17.6 Å². The van der Waals surface area contributed by atoms with E-state index in [1.807, 2.05) is 55.5 Å². The third kappa shape index (κ3) is 3.88. The van der Waals surface area contributed by atoms with Gasteiger partial charge in [0.25, 0.3) is 0 Å². The monoisotopic (exact) mass is 266 g/mol. The van der Waals surface area contributed by atoms with Gasteiger partial charge in [-0.25, -0.2) is 0 Å². The molecule has 1 atom stereocenters. The van der Waals surface area contributed by atoms with Crippen molar-refractivity contribution in [1.82, 2.24) is 0 Å². The summed E-state index contributed by atoms with van der Waals surface area (Å²) >= 11 is 0. The molecule has 0 unspecified atom stereocenters. The van der Waals surface area contributed by atoms with Crippen molar-refractivity contribution in [2.45, 2.75) is 20.0 Å². The average molecular weight is 266 g/mol. The fourth-order valence-corrected chi connectivity index (χ4v) is 1.90. The third-order valence-electron chi connectivity index (χ3n) is 2.92. The Morgan fingerprint density at radius 3 is 2.60 bits per heavy atom. The Morgan fingerprint density at radius 2 is 1.90 bits per heavy atom. The van der Waals surface area contributed by atoms with Gasteiger partial charge in [-0.15, -0.1) is 0 Å². The Morgan fingerprint density at radius 1 is 1.15 bits per heavy atom. The highest BCUT2D eigenvalue weighted by Crippen LogP contribution is 2.26. The Kier molecular flexibility index (Phi) is 4.81. The van der Waals surface area contributed by atoms with Gasteiger partial charge in [0.15, 0.2) is 0 Å². The summed E-state index contributed by atoms with van der Waals surface area (Å²) in [5.74, 6) is 6.70. The highest BCUT2D eigenvalue weighted by Gasteiger charge is 2.08. The SMILES string of the molecule is Cc1ccc(OCC#Cc2ccccc2)c([C@H](C)O)c1. The molecule has 0 fully saturated rings.